The molecule has 7 nitrogen and oxygen atoms in total. The Labute approximate surface area is 196 Å². The van der Waals surface area contributed by atoms with Gasteiger partial charge in [-0.3, -0.25) is 4.79 Å². The van der Waals surface area contributed by atoms with E-state index in [9.17, 15) is 4.79 Å². The smallest absolute Gasteiger partial charge is 0.224 e. The van der Waals surface area contributed by atoms with Crippen LogP contribution in [0.3, 0.4) is 0 Å². The van der Waals surface area contributed by atoms with Crippen molar-refractivity contribution in [3.63, 3.8) is 0 Å². The van der Waals surface area contributed by atoms with Gasteiger partial charge in [-0.2, -0.15) is 0 Å². The molecule has 1 aromatic carbocycles. The molecule has 3 N–H and O–H groups in total. The number of guanidine groups is 1. The molecule has 0 fully saturated rings. The minimum atomic E-state index is 0. The van der Waals surface area contributed by atoms with Crippen LogP contribution in [0, 0.1) is 5.92 Å². The van der Waals surface area contributed by atoms with Crippen LogP contribution in [0.5, 0.6) is 0 Å². The van der Waals surface area contributed by atoms with Crippen LogP contribution in [0.15, 0.2) is 39.8 Å². The zero-order chi connectivity index (χ0) is 21.2. The van der Waals surface area contributed by atoms with Crippen molar-refractivity contribution in [2.75, 3.05) is 11.9 Å². The number of anilines is 1. The van der Waals surface area contributed by atoms with Crippen molar-refractivity contribution < 1.29 is 9.32 Å². The van der Waals surface area contributed by atoms with E-state index in [0.29, 0.717) is 37.3 Å². The zero-order valence-electron chi connectivity index (χ0n) is 18.5. The van der Waals surface area contributed by atoms with Crippen LogP contribution in [0.2, 0.25) is 0 Å². The second-order valence-corrected chi connectivity index (χ2v) is 7.77. The van der Waals surface area contributed by atoms with Crippen LogP contribution >= 0.6 is 24.0 Å². The van der Waals surface area contributed by atoms with Gasteiger partial charge in [0.15, 0.2) is 11.7 Å². The third-order valence-corrected chi connectivity index (χ3v) is 4.17. The van der Waals surface area contributed by atoms with Crippen LogP contribution < -0.4 is 16.0 Å². The lowest BCUT2D eigenvalue weighted by Gasteiger charge is -2.11. The standard InChI is InChI=1S/C22H33N5O2.HI/c1-6-23-22(25-14-19-12-20(16(4)5)27-29-19)24-13-17-8-7-9-18(11-17)26-21(28)10-15(2)3;/h7-9,11-12,15-16H,6,10,13-14H2,1-5H3,(H,26,28)(H2,23,24,25);1H. The van der Waals surface area contributed by atoms with E-state index in [-0.39, 0.29) is 29.9 Å². The lowest BCUT2D eigenvalue weighted by atomic mass is 10.1. The predicted octanol–water partition coefficient (Wildman–Crippen LogP) is 4.66. The van der Waals surface area contributed by atoms with E-state index < -0.39 is 0 Å². The largest absolute Gasteiger partial charge is 0.359 e. The van der Waals surface area contributed by atoms with E-state index >= 15 is 0 Å². The number of nitrogens with one attached hydrogen (secondary N) is 3. The fourth-order valence-corrected chi connectivity index (χ4v) is 2.70. The zero-order valence-corrected chi connectivity index (χ0v) is 20.8. The van der Waals surface area contributed by atoms with Gasteiger partial charge in [0.2, 0.25) is 5.91 Å². The molecule has 30 heavy (non-hydrogen) atoms. The van der Waals surface area contributed by atoms with E-state index in [1.54, 1.807) is 0 Å². The summed E-state index contributed by atoms with van der Waals surface area (Å²) in [7, 11) is 0. The van der Waals surface area contributed by atoms with Crippen molar-refractivity contribution >= 4 is 41.5 Å². The number of nitrogens with zero attached hydrogens (tertiary/aromatic N) is 2. The minimum absolute atomic E-state index is 0. The van der Waals surface area contributed by atoms with E-state index in [0.717, 1.165) is 29.2 Å². The molecule has 0 aliphatic heterocycles. The average Bonchev–Trinajstić information content (AvgIpc) is 3.13. The summed E-state index contributed by atoms with van der Waals surface area (Å²) in [5, 5.41) is 13.5. The van der Waals surface area contributed by atoms with Crippen molar-refractivity contribution in [2.45, 2.75) is 60.0 Å². The normalized spacial score (nSPS) is 11.4. The second-order valence-electron chi connectivity index (χ2n) is 7.77. The van der Waals surface area contributed by atoms with Crippen LogP contribution in [0.25, 0.3) is 0 Å². The van der Waals surface area contributed by atoms with Gasteiger partial charge in [0, 0.05) is 24.7 Å². The van der Waals surface area contributed by atoms with E-state index in [1.807, 2.05) is 51.1 Å². The van der Waals surface area contributed by atoms with Gasteiger partial charge < -0.3 is 20.5 Å². The molecular formula is C22H34IN5O2. The Morgan fingerprint density at radius 1 is 1.17 bits per heavy atom. The summed E-state index contributed by atoms with van der Waals surface area (Å²) in [6, 6.07) is 9.74. The first-order valence-electron chi connectivity index (χ1n) is 10.2. The van der Waals surface area contributed by atoms with Gasteiger partial charge in [-0.1, -0.05) is 45.0 Å². The topological polar surface area (TPSA) is 91.5 Å². The Morgan fingerprint density at radius 2 is 1.93 bits per heavy atom. The summed E-state index contributed by atoms with van der Waals surface area (Å²) in [6.07, 6.45) is 0.511. The number of benzene rings is 1. The van der Waals surface area contributed by atoms with Crippen LogP contribution in [-0.2, 0) is 17.9 Å². The number of carbonyl (C=O) groups excluding carboxylic acids is 1. The monoisotopic (exact) mass is 527 g/mol. The highest BCUT2D eigenvalue weighted by atomic mass is 127. The molecule has 1 heterocycles. The summed E-state index contributed by atoms with van der Waals surface area (Å²) < 4.78 is 5.36. The number of aromatic nitrogens is 1. The van der Waals surface area contributed by atoms with Crippen molar-refractivity contribution in [3.05, 3.63) is 47.3 Å². The van der Waals surface area contributed by atoms with Gasteiger partial charge in [0.05, 0.1) is 18.8 Å². The number of aliphatic imine (C=N–C) groups is 1. The molecule has 0 saturated carbocycles. The van der Waals surface area contributed by atoms with E-state index in [1.165, 1.54) is 0 Å². The molecule has 0 atom stereocenters. The van der Waals surface area contributed by atoms with Gasteiger partial charge in [0.25, 0.3) is 0 Å². The van der Waals surface area contributed by atoms with Gasteiger partial charge in [0.1, 0.15) is 0 Å². The Balaban J connectivity index is 0.00000450. The van der Waals surface area contributed by atoms with Crippen LogP contribution in [0.1, 0.15) is 64.0 Å². The fraction of sp³-hybridized carbons (Fsp3) is 0.500. The molecule has 0 spiro atoms. The Bertz CT molecular complexity index is 817. The summed E-state index contributed by atoms with van der Waals surface area (Å²) >= 11 is 0. The molecule has 0 aliphatic rings. The van der Waals surface area contributed by atoms with Gasteiger partial charge in [-0.25, -0.2) is 4.99 Å². The number of rotatable bonds is 9. The first kappa shape index (κ1) is 25.9. The Kier molecular flexibility index (Phi) is 11.5. The first-order valence-corrected chi connectivity index (χ1v) is 10.2. The predicted molar refractivity (Wildman–Crippen MR) is 132 cm³/mol. The lowest BCUT2D eigenvalue weighted by Crippen LogP contribution is -2.36. The molecule has 2 aromatic rings. The molecule has 0 aliphatic carbocycles. The minimum Gasteiger partial charge on any atom is -0.359 e. The van der Waals surface area contributed by atoms with Crippen LogP contribution in [-0.4, -0.2) is 23.6 Å². The molecule has 1 aromatic heterocycles. The van der Waals surface area contributed by atoms with Crippen LogP contribution in [0.4, 0.5) is 5.69 Å². The molecule has 0 unspecified atom stereocenters. The van der Waals surface area contributed by atoms with Crippen molar-refractivity contribution in [1.29, 1.82) is 0 Å². The molecule has 0 saturated heterocycles. The number of hydrogen-bond acceptors (Lipinski definition) is 4. The number of halogens is 1. The molecule has 8 heteroatoms. The molecule has 2 rings (SSSR count). The van der Waals surface area contributed by atoms with Gasteiger partial charge in [-0.15, -0.1) is 24.0 Å². The molecular weight excluding hydrogens is 493 g/mol. The van der Waals surface area contributed by atoms with Gasteiger partial charge >= 0.3 is 0 Å². The first-order chi connectivity index (χ1) is 13.9. The summed E-state index contributed by atoms with van der Waals surface area (Å²) in [6.45, 7) is 12.0. The lowest BCUT2D eigenvalue weighted by molar-refractivity contribution is -0.116. The average molecular weight is 527 g/mol. The summed E-state index contributed by atoms with van der Waals surface area (Å²) in [5.41, 5.74) is 2.76. The highest BCUT2D eigenvalue weighted by Crippen LogP contribution is 2.14. The molecule has 0 radical (unpaired) electrons. The van der Waals surface area contributed by atoms with Crippen molar-refractivity contribution in [3.8, 4) is 0 Å². The molecule has 1 amide bonds. The summed E-state index contributed by atoms with van der Waals surface area (Å²) in [5.74, 6) is 2.17. The number of amides is 1. The highest BCUT2D eigenvalue weighted by molar-refractivity contribution is 14.0. The second kappa shape index (κ2) is 13.3. The number of carbonyl (C=O) groups is 1. The maximum absolute atomic E-state index is 12.0. The van der Waals surface area contributed by atoms with E-state index in [2.05, 4.69) is 39.9 Å². The maximum atomic E-state index is 12.0. The van der Waals surface area contributed by atoms with E-state index in [4.69, 9.17) is 4.52 Å². The molecule has 0 bridgehead atoms. The quantitative estimate of drug-likeness (QED) is 0.251. The van der Waals surface area contributed by atoms with Crippen molar-refractivity contribution in [2.24, 2.45) is 10.9 Å². The van der Waals surface area contributed by atoms with Crippen molar-refractivity contribution in [1.82, 2.24) is 15.8 Å². The Morgan fingerprint density at radius 3 is 2.57 bits per heavy atom. The third kappa shape index (κ3) is 9.15. The number of hydrogen-bond donors (Lipinski definition) is 3. The summed E-state index contributed by atoms with van der Waals surface area (Å²) in [4.78, 5) is 16.6. The Hall–Kier alpha value is -2.10. The molecule has 166 valence electrons. The fourth-order valence-electron chi connectivity index (χ4n) is 2.70. The highest BCUT2D eigenvalue weighted by Gasteiger charge is 2.09. The SMILES string of the molecule is CCNC(=NCc1cccc(NC(=O)CC(C)C)c1)NCc1cc(C(C)C)no1.I. The van der Waals surface area contributed by atoms with Gasteiger partial charge in [-0.05, 0) is 36.5 Å². The third-order valence-electron chi connectivity index (χ3n) is 4.17. The maximum Gasteiger partial charge on any atom is 0.224 e.